The van der Waals surface area contributed by atoms with Gasteiger partial charge < -0.3 is 16.4 Å². The van der Waals surface area contributed by atoms with E-state index in [-0.39, 0.29) is 23.4 Å². The number of anilines is 2. The van der Waals surface area contributed by atoms with Gasteiger partial charge in [0.2, 0.25) is 5.91 Å². The second kappa shape index (κ2) is 7.88. The van der Waals surface area contributed by atoms with Gasteiger partial charge in [-0.05, 0) is 49.9 Å². The summed E-state index contributed by atoms with van der Waals surface area (Å²) >= 11 is 0. The topological polar surface area (TPSA) is 67.1 Å². The fourth-order valence-electron chi connectivity index (χ4n) is 3.13. The van der Waals surface area contributed by atoms with Crippen molar-refractivity contribution in [3.05, 3.63) is 23.8 Å². The lowest BCUT2D eigenvalue weighted by molar-refractivity contribution is -0.137. The minimum atomic E-state index is -4.45. The monoisotopic (exact) mass is 343 g/mol. The predicted octanol–water partition coefficient (Wildman–Crippen LogP) is 3.84. The highest BCUT2D eigenvalue weighted by Crippen LogP contribution is 2.36. The molecular formula is C17H24F3N3O. The van der Waals surface area contributed by atoms with Crippen molar-refractivity contribution in [3.8, 4) is 0 Å². The second-order valence-electron chi connectivity index (χ2n) is 6.21. The zero-order valence-corrected chi connectivity index (χ0v) is 13.7. The largest absolute Gasteiger partial charge is 0.416 e. The summed E-state index contributed by atoms with van der Waals surface area (Å²) in [6.45, 7) is 2.99. The Morgan fingerprint density at radius 1 is 1.29 bits per heavy atom. The summed E-state index contributed by atoms with van der Waals surface area (Å²) in [4.78, 5) is 12.5. The number of carbonyl (C=O) groups is 1. The molecule has 0 aromatic heterocycles. The molecule has 1 aliphatic carbocycles. The molecule has 1 aromatic carbocycles. The number of nitrogens with two attached hydrogens (primary N) is 1. The molecular weight excluding hydrogens is 319 g/mol. The number of alkyl halides is 3. The third-order valence-corrected chi connectivity index (χ3v) is 4.47. The van der Waals surface area contributed by atoms with Crippen LogP contribution in [0.3, 0.4) is 0 Å². The predicted molar refractivity (Wildman–Crippen MR) is 88.7 cm³/mol. The minimum Gasteiger partial charge on any atom is -0.383 e. The van der Waals surface area contributed by atoms with Gasteiger partial charge in [0.1, 0.15) is 0 Å². The second-order valence-corrected chi connectivity index (χ2v) is 6.21. The van der Waals surface area contributed by atoms with Crippen LogP contribution in [0.5, 0.6) is 0 Å². The van der Waals surface area contributed by atoms with Crippen molar-refractivity contribution in [1.82, 2.24) is 0 Å². The van der Waals surface area contributed by atoms with E-state index in [1.807, 2.05) is 6.92 Å². The Bertz CT molecular complexity index is 575. The third-order valence-electron chi connectivity index (χ3n) is 4.47. The first-order valence-corrected chi connectivity index (χ1v) is 8.32. The summed E-state index contributed by atoms with van der Waals surface area (Å²) in [5.41, 5.74) is 5.59. The molecule has 1 aliphatic rings. The van der Waals surface area contributed by atoms with E-state index in [2.05, 4.69) is 10.6 Å². The zero-order valence-electron chi connectivity index (χ0n) is 13.7. The quantitative estimate of drug-likeness (QED) is 0.735. The molecule has 1 saturated carbocycles. The highest BCUT2D eigenvalue weighted by molar-refractivity contribution is 5.96. The summed E-state index contributed by atoms with van der Waals surface area (Å²) in [6.07, 6.45) is -1.09. The van der Waals surface area contributed by atoms with Crippen LogP contribution in [0.4, 0.5) is 24.5 Å². The minimum absolute atomic E-state index is 0.0999. The molecule has 2 rings (SSSR count). The fourth-order valence-corrected chi connectivity index (χ4v) is 3.13. The van der Waals surface area contributed by atoms with Gasteiger partial charge in [0.05, 0.1) is 16.9 Å². The van der Waals surface area contributed by atoms with Gasteiger partial charge in [-0.3, -0.25) is 4.79 Å². The Morgan fingerprint density at radius 3 is 2.67 bits per heavy atom. The Labute approximate surface area is 140 Å². The lowest BCUT2D eigenvalue weighted by atomic mass is 9.95. The van der Waals surface area contributed by atoms with Crippen molar-refractivity contribution in [1.29, 1.82) is 0 Å². The number of benzene rings is 1. The summed E-state index contributed by atoms with van der Waals surface area (Å²) in [6, 6.07) is 3.37. The highest BCUT2D eigenvalue weighted by Gasteiger charge is 2.34. The molecule has 0 spiro atoms. The van der Waals surface area contributed by atoms with Crippen LogP contribution < -0.4 is 16.4 Å². The molecule has 0 radical (unpaired) electrons. The molecule has 0 saturated heterocycles. The molecule has 24 heavy (non-hydrogen) atoms. The number of halogens is 3. The molecule has 1 aromatic rings. The Hall–Kier alpha value is -1.76. The first kappa shape index (κ1) is 18.6. The first-order valence-electron chi connectivity index (χ1n) is 8.32. The van der Waals surface area contributed by atoms with Crippen LogP contribution >= 0.6 is 0 Å². The van der Waals surface area contributed by atoms with Gasteiger partial charge in [-0.1, -0.05) is 13.3 Å². The van der Waals surface area contributed by atoms with Crippen LogP contribution in [-0.4, -0.2) is 19.0 Å². The van der Waals surface area contributed by atoms with Crippen LogP contribution in [0.1, 0.15) is 38.2 Å². The Balaban J connectivity index is 2.23. The first-order chi connectivity index (χ1) is 11.4. The molecule has 1 fully saturated rings. The average molecular weight is 343 g/mol. The summed E-state index contributed by atoms with van der Waals surface area (Å²) < 4.78 is 38.9. The number of amides is 1. The van der Waals surface area contributed by atoms with Gasteiger partial charge in [-0.25, -0.2) is 0 Å². The summed E-state index contributed by atoms with van der Waals surface area (Å²) in [7, 11) is 0. The lowest BCUT2D eigenvalue weighted by Gasteiger charge is -2.20. The lowest BCUT2D eigenvalue weighted by Crippen LogP contribution is -2.30. The van der Waals surface area contributed by atoms with Gasteiger partial charge in [-0.15, -0.1) is 0 Å². The van der Waals surface area contributed by atoms with E-state index in [4.69, 9.17) is 5.73 Å². The highest BCUT2D eigenvalue weighted by atomic mass is 19.4. The molecule has 0 aliphatic heterocycles. The van der Waals surface area contributed by atoms with Crippen LogP contribution in [0.2, 0.25) is 0 Å². The average Bonchev–Trinajstić information content (AvgIpc) is 3.01. The SMILES string of the molecule is CCCNc1ccc(C(F)(F)F)cc1NC(=O)[C@@H]1CCC[C@@H]1CN. The zero-order chi connectivity index (χ0) is 17.7. The number of hydrogen-bond acceptors (Lipinski definition) is 3. The molecule has 0 heterocycles. The Morgan fingerprint density at radius 2 is 2.04 bits per heavy atom. The van der Waals surface area contributed by atoms with E-state index in [0.717, 1.165) is 37.8 Å². The van der Waals surface area contributed by atoms with Crippen molar-refractivity contribution in [2.24, 2.45) is 17.6 Å². The van der Waals surface area contributed by atoms with E-state index in [1.165, 1.54) is 6.07 Å². The maximum atomic E-state index is 13.0. The van der Waals surface area contributed by atoms with Crippen molar-refractivity contribution in [2.45, 2.75) is 38.8 Å². The third kappa shape index (κ3) is 4.41. The molecule has 0 unspecified atom stereocenters. The van der Waals surface area contributed by atoms with Gasteiger partial charge in [-0.2, -0.15) is 13.2 Å². The molecule has 4 N–H and O–H groups in total. The van der Waals surface area contributed by atoms with E-state index in [1.54, 1.807) is 0 Å². The van der Waals surface area contributed by atoms with Crippen LogP contribution in [0.25, 0.3) is 0 Å². The number of carbonyl (C=O) groups excluding carboxylic acids is 1. The number of rotatable bonds is 6. The fraction of sp³-hybridized carbons (Fsp3) is 0.588. The number of nitrogens with one attached hydrogen (secondary N) is 2. The summed E-state index contributed by atoms with van der Waals surface area (Å²) in [5.74, 6) is -0.381. The smallest absolute Gasteiger partial charge is 0.383 e. The van der Waals surface area contributed by atoms with Crippen LogP contribution in [0.15, 0.2) is 18.2 Å². The molecule has 1 amide bonds. The van der Waals surface area contributed by atoms with Gasteiger partial charge in [0.25, 0.3) is 0 Å². The summed E-state index contributed by atoms with van der Waals surface area (Å²) in [5, 5.41) is 5.74. The maximum absolute atomic E-state index is 13.0. The van der Waals surface area contributed by atoms with Crippen molar-refractivity contribution < 1.29 is 18.0 Å². The normalized spacial score (nSPS) is 20.9. The molecule has 7 heteroatoms. The van der Waals surface area contributed by atoms with Gasteiger partial charge >= 0.3 is 6.18 Å². The van der Waals surface area contributed by atoms with Gasteiger partial charge in [0, 0.05) is 12.5 Å². The van der Waals surface area contributed by atoms with Crippen molar-refractivity contribution in [2.75, 3.05) is 23.7 Å². The van der Waals surface area contributed by atoms with E-state index in [9.17, 15) is 18.0 Å². The van der Waals surface area contributed by atoms with Gasteiger partial charge in [0.15, 0.2) is 0 Å². The van der Waals surface area contributed by atoms with E-state index in [0.29, 0.717) is 18.8 Å². The van der Waals surface area contributed by atoms with Crippen LogP contribution in [-0.2, 0) is 11.0 Å². The van der Waals surface area contributed by atoms with E-state index >= 15 is 0 Å². The standard InChI is InChI=1S/C17H24F3N3O/c1-2-8-22-14-7-6-12(17(18,19)20)9-15(14)23-16(24)13-5-3-4-11(13)10-21/h6-7,9,11,13,22H,2-5,8,10,21H2,1H3,(H,23,24)/t11-,13-/m1/s1. The van der Waals surface area contributed by atoms with E-state index < -0.39 is 11.7 Å². The Kier molecular flexibility index (Phi) is 6.10. The maximum Gasteiger partial charge on any atom is 0.416 e. The molecule has 4 nitrogen and oxygen atoms in total. The molecule has 0 bridgehead atoms. The van der Waals surface area contributed by atoms with Crippen LogP contribution in [0, 0.1) is 11.8 Å². The molecule has 2 atom stereocenters. The van der Waals surface area contributed by atoms with Crippen molar-refractivity contribution in [3.63, 3.8) is 0 Å². The number of hydrogen-bond donors (Lipinski definition) is 3. The van der Waals surface area contributed by atoms with Crippen molar-refractivity contribution >= 4 is 17.3 Å². The molecule has 134 valence electrons.